The Bertz CT molecular complexity index is 1100. The number of benzene rings is 1. The summed E-state index contributed by atoms with van der Waals surface area (Å²) in [6, 6.07) is 5.14. The van der Waals surface area contributed by atoms with Gasteiger partial charge in [0.15, 0.2) is 0 Å². The fourth-order valence-corrected chi connectivity index (χ4v) is 4.29. The van der Waals surface area contributed by atoms with Gasteiger partial charge in [-0.25, -0.2) is 9.59 Å². The molecule has 0 bridgehead atoms. The molecular weight excluding hydrogens is 426 g/mol. The third kappa shape index (κ3) is 3.88. The van der Waals surface area contributed by atoms with Crippen LogP contribution in [0.5, 0.6) is 5.75 Å². The minimum absolute atomic E-state index is 0.169. The number of hydrogen-bond acceptors (Lipinski definition) is 6. The first-order valence-electron chi connectivity index (χ1n) is 10.8. The van der Waals surface area contributed by atoms with Gasteiger partial charge in [0.25, 0.3) is 5.91 Å². The quantitative estimate of drug-likeness (QED) is 0.358. The van der Waals surface area contributed by atoms with E-state index in [2.05, 4.69) is 10.3 Å². The zero-order valence-electron chi connectivity index (χ0n) is 19.7. The lowest BCUT2D eigenvalue weighted by Gasteiger charge is -2.27. The highest BCUT2D eigenvalue weighted by Crippen LogP contribution is 2.35. The highest BCUT2D eigenvalue weighted by atomic mass is 16.5. The molecule has 1 aliphatic heterocycles. The van der Waals surface area contributed by atoms with E-state index in [1.54, 1.807) is 59.1 Å². The van der Waals surface area contributed by atoms with Crippen molar-refractivity contribution in [2.75, 3.05) is 13.7 Å². The number of nitrogens with one attached hydrogen (secondary N) is 2. The molecular formula is C24H29N3O6. The van der Waals surface area contributed by atoms with Crippen LogP contribution in [0.25, 0.3) is 0 Å². The Morgan fingerprint density at radius 2 is 1.76 bits per heavy atom. The number of ether oxygens (including phenoxy) is 2. The number of imide groups is 1. The Hall–Kier alpha value is -3.62. The van der Waals surface area contributed by atoms with Gasteiger partial charge in [0.2, 0.25) is 5.78 Å². The first-order chi connectivity index (χ1) is 15.6. The second-order valence-corrected chi connectivity index (χ2v) is 7.98. The number of carbonyl (C=O) groups is 4. The maximum atomic E-state index is 13.5. The third-order valence-electron chi connectivity index (χ3n) is 6.17. The molecule has 2 N–H and O–H groups in total. The van der Waals surface area contributed by atoms with Crippen LogP contribution in [0.3, 0.4) is 0 Å². The number of hydrogen-bond donors (Lipinski definition) is 2. The molecule has 0 unspecified atom stereocenters. The van der Waals surface area contributed by atoms with E-state index in [-0.39, 0.29) is 17.9 Å². The minimum atomic E-state index is -1.28. The number of H-pyrrole nitrogens is 1. The van der Waals surface area contributed by atoms with Crippen LogP contribution in [-0.4, -0.2) is 53.3 Å². The molecule has 9 heteroatoms. The number of amides is 3. The molecule has 1 aromatic heterocycles. The van der Waals surface area contributed by atoms with E-state index >= 15 is 0 Å². The molecule has 0 saturated carbocycles. The van der Waals surface area contributed by atoms with Crippen LogP contribution in [0.1, 0.15) is 64.9 Å². The summed E-state index contributed by atoms with van der Waals surface area (Å²) in [5, 5.41) is 2.78. The van der Waals surface area contributed by atoms with E-state index in [9.17, 15) is 19.2 Å². The Kier molecular flexibility index (Phi) is 6.62. The van der Waals surface area contributed by atoms with Crippen molar-refractivity contribution in [1.29, 1.82) is 0 Å². The van der Waals surface area contributed by atoms with E-state index in [1.807, 2.05) is 0 Å². The Morgan fingerprint density at radius 3 is 2.30 bits per heavy atom. The maximum absolute atomic E-state index is 13.5. The Balaban J connectivity index is 1.94. The molecule has 0 radical (unpaired) electrons. The van der Waals surface area contributed by atoms with E-state index in [0.717, 1.165) is 4.90 Å². The summed E-state index contributed by atoms with van der Waals surface area (Å²) in [7, 11) is 1.54. The van der Waals surface area contributed by atoms with Crippen molar-refractivity contribution in [3.8, 4) is 5.75 Å². The average Bonchev–Trinajstić information content (AvgIpc) is 3.24. The number of aromatic nitrogens is 1. The first-order valence-corrected chi connectivity index (χ1v) is 10.8. The zero-order valence-corrected chi connectivity index (χ0v) is 19.7. The topological polar surface area (TPSA) is 118 Å². The summed E-state index contributed by atoms with van der Waals surface area (Å²) >= 11 is 0. The van der Waals surface area contributed by atoms with Gasteiger partial charge in [-0.2, -0.15) is 0 Å². The maximum Gasteiger partial charge on any atom is 0.340 e. The molecule has 1 fully saturated rings. The number of esters is 1. The van der Waals surface area contributed by atoms with E-state index < -0.39 is 35.3 Å². The Morgan fingerprint density at radius 1 is 1.12 bits per heavy atom. The predicted molar refractivity (Wildman–Crippen MR) is 120 cm³/mol. The van der Waals surface area contributed by atoms with Crippen molar-refractivity contribution in [2.45, 2.75) is 52.6 Å². The van der Waals surface area contributed by atoms with E-state index in [4.69, 9.17) is 9.47 Å². The van der Waals surface area contributed by atoms with Crippen molar-refractivity contribution < 1.29 is 28.7 Å². The fourth-order valence-electron chi connectivity index (χ4n) is 4.29. The number of ketones is 1. The number of aromatic amines is 1. The summed E-state index contributed by atoms with van der Waals surface area (Å²) in [5.41, 5.74) is 0.677. The van der Waals surface area contributed by atoms with Gasteiger partial charge in [-0.05, 0) is 57.4 Å². The molecule has 0 aliphatic carbocycles. The van der Waals surface area contributed by atoms with Crippen molar-refractivity contribution in [3.63, 3.8) is 0 Å². The molecule has 1 aliphatic rings. The summed E-state index contributed by atoms with van der Waals surface area (Å²) in [5.74, 6) is -0.893. The average molecular weight is 456 g/mol. The van der Waals surface area contributed by atoms with Gasteiger partial charge in [0.05, 0.1) is 25.0 Å². The number of urea groups is 1. The molecule has 0 spiro atoms. The van der Waals surface area contributed by atoms with Crippen LogP contribution in [0.4, 0.5) is 4.79 Å². The second kappa shape index (κ2) is 9.09. The van der Waals surface area contributed by atoms with Gasteiger partial charge in [0.1, 0.15) is 17.3 Å². The number of nitrogens with zero attached hydrogens (tertiary/aromatic N) is 1. The number of rotatable bonds is 8. The van der Waals surface area contributed by atoms with Crippen LogP contribution in [0.15, 0.2) is 24.3 Å². The first kappa shape index (κ1) is 24.0. The summed E-state index contributed by atoms with van der Waals surface area (Å²) in [4.78, 5) is 56.0. The number of Topliss-reactive ketones (excluding diaryl/α,β-unsaturated/α-hetero) is 1. The van der Waals surface area contributed by atoms with Gasteiger partial charge >= 0.3 is 12.0 Å². The largest absolute Gasteiger partial charge is 0.497 e. The predicted octanol–water partition coefficient (Wildman–Crippen LogP) is 3.25. The van der Waals surface area contributed by atoms with Crippen molar-refractivity contribution in [1.82, 2.24) is 15.2 Å². The molecule has 3 amide bonds. The standard InChI is InChI=1S/C24H29N3O6/c1-7-24(16-9-11-17(32-6)12-10-16)22(30)27(23(31)26-24)15(5)20(28)19-13(3)18(14(4)25-19)21(29)33-8-2/h9-12,15,25H,7-8H2,1-6H3,(H,26,31)/t15-,24+/m0/s1. The van der Waals surface area contributed by atoms with E-state index in [1.165, 1.54) is 6.92 Å². The van der Waals surface area contributed by atoms with Crippen molar-refractivity contribution >= 4 is 23.7 Å². The normalized spacial score (nSPS) is 18.8. The van der Waals surface area contributed by atoms with Gasteiger partial charge < -0.3 is 19.8 Å². The minimum Gasteiger partial charge on any atom is -0.497 e. The molecule has 176 valence electrons. The van der Waals surface area contributed by atoms with Gasteiger partial charge in [0, 0.05) is 5.69 Å². The summed E-state index contributed by atoms with van der Waals surface area (Å²) < 4.78 is 10.3. The zero-order chi connectivity index (χ0) is 24.5. The molecule has 33 heavy (non-hydrogen) atoms. The highest BCUT2D eigenvalue weighted by Gasteiger charge is 2.53. The molecule has 1 saturated heterocycles. The smallest absolute Gasteiger partial charge is 0.340 e. The van der Waals surface area contributed by atoms with Crippen molar-refractivity contribution in [3.05, 3.63) is 52.3 Å². The van der Waals surface area contributed by atoms with Crippen LogP contribution >= 0.6 is 0 Å². The molecule has 1 aromatic carbocycles. The van der Waals surface area contributed by atoms with Crippen LogP contribution in [-0.2, 0) is 15.1 Å². The van der Waals surface area contributed by atoms with Crippen LogP contribution in [0.2, 0.25) is 0 Å². The number of methoxy groups -OCH3 is 1. The summed E-state index contributed by atoms with van der Waals surface area (Å²) in [6.45, 7) is 8.50. The lowest BCUT2D eigenvalue weighted by Crippen LogP contribution is -2.46. The molecule has 2 aromatic rings. The molecule has 2 heterocycles. The fraction of sp³-hybridized carbons (Fsp3) is 0.417. The number of aryl methyl sites for hydroxylation is 1. The molecule has 2 atom stereocenters. The number of carbonyl (C=O) groups excluding carboxylic acids is 4. The molecule has 3 rings (SSSR count). The van der Waals surface area contributed by atoms with Gasteiger partial charge in [-0.3, -0.25) is 14.5 Å². The SMILES string of the molecule is CCOC(=O)c1c(C)[nH]c(C(=O)[C@H](C)N2C(=O)N[C@](CC)(c3ccc(OC)cc3)C2=O)c1C. The van der Waals surface area contributed by atoms with Crippen LogP contribution < -0.4 is 10.1 Å². The van der Waals surface area contributed by atoms with Gasteiger partial charge in [-0.1, -0.05) is 19.1 Å². The van der Waals surface area contributed by atoms with Crippen molar-refractivity contribution in [2.24, 2.45) is 0 Å². The third-order valence-corrected chi connectivity index (χ3v) is 6.17. The summed E-state index contributed by atoms with van der Waals surface area (Å²) in [6.07, 6.45) is 0.301. The van der Waals surface area contributed by atoms with Gasteiger partial charge in [-0.15, -0.1) is 0 Å². The lowest BCUT2D eigenvalue weighted by molar-refractivity contribution is -0.132. The monoisotopic (exact) mass is 455 g/mol. The lowest BCUT2D eigenvalue weighted by atomic mass is 9.87. The highest BCUT2D eigenvalue weighted by molar-refractivity contribution is 6.13. The Labute approximate surface area is 192 Å². The molecule has 9 nitrogen and oxygen atoms in total. The van der Waals surface area contributed by atoms with E-state index in [0.29, 0.717) is 29.0 Å². The second-order valence-electron chi connectivity index (χ2n) is 7.98. The van der Waals surface area contributed by atoms with Crippen LogP contribution in [0, 0.1) is 13.8 Å².